The van der Waals surface area contributed by atoms with Crippen molar-refractivity contribution in [2.24, 2.45) is 5.10 Å². The van der Waals surface area contributed by atoms with Crippen molar-refractivity contribution in [3.8, 4) is 28.7 Å². The van der Waals surface area contributed by atoms with E-state index in [4.69, 9.17) is 23.7 Å². The van der Waals surface area contributed by atoms with Crippen LogP contribution in [0.4, 0.5) is 0 Å². The number of hydrogen-bond donors (Lipinski definition) is 1. The predicted molar refractivity (Wildman–Crippen MR) is 101 cm³/mol. The molecule has 0 radical (unpaired) electrons. The fraction of sp³-hybridized carbons (Fsp3) is 0.263. The second-order valence-electron chi connectivity index (χ2n) is 5.22. The minimum absolute atomic E-state index is 0.305. The minimum atomic E-state index is -0.438. The number of ether oxygens (including phenoxy) is 5. The molecule has 0 aliphatic carbocycles. The van der Waals surface area contributed by atoms with E-state index in [0.29, 0.717) is 39.9 Å². The van der Waals surface area contributed by atoms with Gasteiger partial charge in [-0.25, -0.2) is 5.43 Å². The Morgan fingerprint density at radius 1 is 0.852 bits per heavy atom. The standard InChI is InChI=1S/C19H22N2O6/c1-23-14-6-7-15(24-2)13(8-14)11-20-21-19(22)12-9-16(25-3)18(27-5)17(10-12)26-4/h6-11H,1-5H3,(H,21,22)/b20-11+. The predicted octanol–water partition coefficient (Wildman–Crippen LogP) is 2.49. The Bertz CT molecular complexity index is 810. The number of carbonyl (C=O) groups is 1. The lowest BCUT2D eigenvalue weighted by atomic mass is 10.1. The van der Waals surface area contributed by atoms with Gasteiger partial charge in [0.15, 0.2) is 11.5 Å². The van der Waals surface area contributed by atoms with Gasteiger partial charge in [0, 0.05) is 11.1 Å². The Morgan fingerprint density at radius 3 is 2.00 bits per heavy atom. The van der Waals surface area contributed by atoms with Crippen LogP contribution in [-0.2, 0) is 0 Å². The maximum absolute atomic E-state index is 12.4. The zero-order valence-corrected chi connectivity index (χ0v) is 15.9. The highest BCUT2D eigenvalue weighted by Gasteiger charge is 2.16. The zero-order chi connectivity index (χ0) is 19.8. The van der Waals surface area contributed by atoms with Gasteiger partial charge in [0.1, 0.15) is 11.5 Å². The van der Waals surface area contributed by atoms with Gasteiger partial charge in [-0.3, -0.25) is 4.79 Å². The normalized spacial score (nSPS) is 10.4. The molecule has 0 saturated carbocycles. The van der Waals surface area contributed by atoms with Crippen LogP contribution in [0.25, 0.3) is 0 Å². The fourth-order valence-electron chi connectivity index (χ4n) is 2.38. The van der Waals surface area contributed by atoms with Gasteiger partial charge in [-0.1, -0.05) is 0 Å². The summed E-state index contributed by atoms with van der Waals surface area (Å²) in [6.07, 6.45) is 1.47. The smallest absolute Gasteiger partial charge is 0.271 e. The maximum Gasteiger partial charge on any atom is 0.271 e. The van der Waals surface area contributed by atoms with Crippen LogP contribution in [0.2, 0.25) is 0 Å². The van der Waals surface area contributed by atoms with Crippen molar-refractivity contribution >= 4 is 12.1 Å². The first kappa shape index (κ1) is 19.9. The molecule has 0 aliphatic heterocycles. The maximum atomic E-state index is 12.4. The molecule has 8 nitrogen and oxygen atoms in total. The van der Waals surface area contributed by atoms with Gasteiger partial charge in [-0.15, -0.1) is 0 Å². The molecule has 0 aliphatic rings. The number of nitrogens with zero attached hydrogens (tertiary/aromatic N) is 1. The van der Waals surface area contributed by atoms with E-state index < -0.39 is 5.91 Å². The van der Waals surface area contributed by atoms with Gasteiger partial charge in [0.25, 0.3) is 5.91 Å². The molecule has 0 bridgehead atoms. The molecule has 27 heavy (non-hydrogen) atoms. The fourth-order valence-corrected chi connectivity index (χ4v) is 2.38. The van der Waals surface area contributed by atoms with E-state index in [1.165, 1.54) is 27.5 Å². The summed E-state index contributed by atoms with van der Waals surface area (Å²) in [7, 11) is 7.56. The van der Waals surface area contributed by atoms with Crippen LogP contribution in [0.1, 0.15) is 15.9 Å². The average Bonchev–Trinajstić information content (AvgIpc) is 2.72. The summed E-state index contributed by atoms with van der Waals surface area (Å²) in [5, 5.41) is 3.98. The Balaban J connectivity index is 2.22. The summed E-state index contributed by atoms with van der Waals surface area (Å²) in [6, 6.07) is 8.34. The highest BCUT2D eigenvalue weighted by Crippen LogP contribution is 2.38. The van der Waals surface area contributed by atoms with Crippen molar-refractivity contribution in [1.29, 1.82) is 0 Å². The highest BCUT2D eigenvalue weighted by molar-refractivity contribution is 5.96. The summed E-state index contributed by atoms with van der Waals surface area (Å²) in [5.41, 5.74) is 3.42. The third-order valence-electron chi connectivity index (χ3n) is 3.73. The van der Waals surface area contributed by atoms with Crippen molar-refractivity contribution < 1.29 is 28.5 Å². The van der Waals surface area contributed by atoms with E-state index in [1.54, 1.807) is 44.6 Å². The molecule has 0 heterocycles. The van der Waals surface area contributed by atoms with Crippen molar-refractivity contribution in [3.63, 3.8) is 0 Å². The summed E-state index contributed by atoms with van der Waals surface area (Å²) >= 11 is 0. The average molecular weight is 374 g/mol. The van der Waals surface area contributed by atoms with Crippen molar-refractivity contribution in [2.75, 3.05) is 35.5 Å². The summed E-state index contributed by atoms with van der Waals surface area (Å²) in [5.74, 6) is 1.96. The minimum Gasteiger partial charge on any atom is -0.497 e. The molecule has 1 amide bonds. The molecule has 0 spiro atoms. The molecule has 1 N–H and O–H groups in total. The van der Waals surface area contributed by atoms with Crippen molar-refractivity contribution in [2.45, 2.75) is 0 Å². The van der Waals surface area contributed by atoms with Crippen LogP contribution >= 0.6 is 0 Å². The lowest BCUT2D eigenvalue weighted by Gasteiger charge is -2.13. The Hall–Kier alpha value is -3.42. The van der Waals surface area contributed by atoms with Crippen LogP contribution in [0.5, 0.6) is 28.7 Å². The lowest BCUT2D eigenvalue weighted by Crippen LogP contribution is -2.18. The number of hydrogen-bond acceptors (Lipinski definition) is 7. The molecule has 0 fully saturated rings. The molecule has 0 unspecified atom stereocenters. The quantitative estimate of drug-likeness (QED) is 0.564. The molecule has 2 aromatic carbocycles. The van der Waals surface area contributed by atoms with E-state index in [-0.39, 0.29) is 0 Å². The molecular formula is C19H22N2O6. The molecule has 0 saturated heterocycles. The van der Waals surface area contributed by atoms with E-state index in [1.807, 2.05) is 0 Å². The Morgan fingerprint density at radius 2 is 1.48 bits per heavy atom. The number of rotatable bonds is 8. The highest BCUT2D eigenvalue weighted by atomic mass is 16.5. The third-order valence-corrected chi connectivity index (χ3v) is 3.73. The first-order valence-electron chi connectivity index (χ1n) is 7.93. The summed E-state index contributed by atoms with van der Waals surface area (Å²) in [4.78, 5) is 12.4. The summed E-state index contributed by atoms with van der Waals surface area (Å²) in [6.45, 7) is 0. The number of amides is 1. The van der Waals surface area contributed by atoms with Gasteiger partial charge in [0.05, 0.1) is 41.8 Å². The monoisotopic (exact) mass is 374 g/mol. The van der Waals surface area contributed by atoms with E-state index in [0.717, 1.165) is 0 Å². The van der Waals surface area contributed by atoms with Crippen LogP contribution in [-0.4, -0.2) is 47.7 Å². The van der Waals surface area contributed by atoms with E-state index in [2.05, 4.69) is 10.5 Å². The van der Waals surface area contributed by atoms with E-state index in [9.17, 15) is 4.79 Å². The van der Waals surface area contributed by atoms with Crippen LogP contribution < -0.4 is 29.1 Å². The Kier molecular flexibility index (Phi) is 6.87. The molecular weight excluding hydrogens is 352 g/mol. The number of nitrogens with one attached hydrogen (secondary N) is 1. The first-order chi connectivity index (χ1) is 13.1. The third kappa shape index (κ3) is 4.60. The van der Waals surface area contributed by atoms with Crippen LogP contribution in [0, 0.1) is 0 Å². The molecule has 8 heteroatoms. The van der Waals surface area contributed by atoms with Crippen molar-refractivity contribution in [1.82, 2.24) is 5.43 Å². The van der Waals surface area contributed by atoms with Crippen LogP contribution in [0.15, 0.2) is 35.4 Å². The number of hydrazone groups is 1. The zero-order valence-electron chi connectivity index (χ0n) is 15.9. The molecule has 0 atom stereocenters. The molecule has 2 rings (SSSR count). The summed E-state index contributed by atoms with van der Waals surface area (Å²) < 4.78 is 26.2. The van der Waals surface area contributed by atoms with Gasteiger partial charge in [-0.2, -0.15) is 5.10 Å². The van der Waals surface area contributed by atoms with E-state index >= 15 is 0 Å². The molecule has 0 aromatic heterocycles. The van der Waals surface area contributed by atoms with Gasteiger partial charge >= 0.3 is 0 Å². The SMILES string of the molecule is COc1ccc(OC)c(/C=N/NC(=O)c2cc(OC)c(OC)c(OC)c2)c1. The molecule has 2 aromatic rings. The van der Waals surface area contributed by atoms with Gasteiger partial charge in [0.2, 0.25) is 5.75 Å². The molecule has 144 valence electrons. The number of methoxy groups -OCH3 is 5. The van der Waals surface area contributed by atoms with Gasteiger partial charge in [-0.05, 0) is 30.3 Å². The largest absolute Gasteiger partial charge is 0.497 e. The second-order valence-corrected chi connectivity index (χ2v) is 5.22. The number of carbonyl (C=O) groups excluding carboxylic acids is 1. The lowest BCUT2D eigenvalue weighted by molar-refractivity contribution is 0.0954. The van der Waals surface area contributed by atoms with Crippen LogP contribution in [0.3, 0.4) is 0 Å². The Labute approximate surface area is 157 Å². The van der Waals surface area contributed by atoms with Gasteiger partial charge < -0.3 is 23.7 Å². The number of benzene rings is 2. The second kappa shape index (κ2) is 9.33. The van der Waals surface area contributed by atoms with Crippen molar-refractivity contribution in [3.05, 3.63) is 41.5 Å². The first-order valence-corrected chi connectivity index (χ1v) is 7.93. The topological polar surface area (TPSA) is 87.6 Å².